The first-order valence-corrected chi connectivity index (χ1v) is 8.79. The normalized spacial score (nSPS) is 23.3. The van der Waals surface area contributed by atoms with Crippen molar-refractivity contribution in [3.63, 3.8) is 0 Å². The maximum atomic E-state index is 14.1. The summed E-state index contributed by atoms with van der Waals surface area (Å²) >= 11 is 0. The van der Waals surface area contributed by atoms with Crippen molar-refractivity contribution in [2.75, 3.05) is 24.6 Å². The Balaban J connectivity index is 1.57. The molecule has 1 aromatic carbocycles. The van der Waals surface area contributed by atoms with E-state index in [1.54, 1.807) is 12.1 Å². The number of hydrogen-bond acceptors (Lipinski definition) is 4. The summed E-state index contributed by atoms with van der Waals surface area (Å²) in [7, 11) is 0. The molecule has 5 nitrogen and oxygen atoms in total. The monoisotopic (exact) mass is 345 g/mol. The summed E-state index contributed by atoms with van der Waals surface area (Å²) in [4.78, 5) is 14.5. The Bertz CT molecular complexity index is 690. The molecule has 134 valence electrons. The maximum Gasteiger partial charge on any atom is 0.223 e. The fourth-order valence-electron chi connectivity index (χ4n) is 3.64. The molecular formula is C19H24FN3O2. The van der Waals surface area contributed by atoms with Gasteiger partial charge < -0.3 is 15.0 Å². The average molecular weight is 345 g/mol. The number of piperidine rings is 1. The molecule has 0 bridgehead atoms. The Morgan fingerprint density at radius 2 is 2.08 bits per heavy atom. The summed E-state index contributed by atoms with van der Waals surface area (Å²) < 4.78 is 19.8. The fraction of sp³-hybridized carbons (Fsp3) is 0.579. The number of halogens is 1. The SMILES string of the molecule is CC1(C)OCCC1NC(=O)C1CCN(c2ccc(C#N)cc2F)CC1. The largest absolute Gasteiger partial charge is 0.373 e. The van der Waals surface area contributed by atoms with Gasteiger partial charge in [-0.2, -0.15) is 5.26 Å². The van der Waals surface area contributed by atoms with Crippen LogP contribution >= 0.6 is 0 Å². The van der Waals surface area contributed by atoms with E-state index in [0.29, 0.717) is 43.8 Å². The van der Waals surface area contributed by atoms with E-state index in [4.69, 9.17) is 10.00 Å². The lowest BCUT2D eigenvalue weighted by molar-refractivity contribution is -0.127. The van der Waals surface area contributed by atoms with Crippen LogP contribution in [0.4, 0.5) is 10.1 Å². The van der Waals surface area contributed by atoms with Crippen LogP contribution in [0.15, 0.2) is 18.2 Å². The van der Waals surface area contributed by atoms with E-state index >= 15 is 0 Å². The quantitative estimate of drug-likeness (QED) is 0.914. The van der Waals surface area contributed by atoms with Gasteiger partial charge in [0.05, 0.1) is 29.0 Å². The van der Waals surface area contributed by atoms with E-state index in [0.717, 1.165) is 6.42 Å². The van der Waals surface area contributed by atoms with Gasteiger partial charge in [-0.3, -0.25) is 4.79 Å². The number of nitriles is 1. The minimum Gasteiger partial charge on any atom is -0.373 e. The Morgan fingerprint density at radius 1 is 1.36 bits per heavy atom. The summed E-state index contributed by atoms with van der Waals surface area (Å²) in [5.74, 6) is -0.357. The van der Waals surface area contributed by atoms with E-state index < -0.39 is 0 Å². The van der Waals surface area contributed by atoms with Gasteiger partial charge in [-0.1, -0.05) is 0 Å². The van der Waals surface area contributed by atoms with Crippen LogP contribution in [0.25, 0.3) is 0 Å². The third kappa shape index (κ3) is 3.77. The first-order chi connectivity index (χ1) is 11.9. The van der Waals surface area contributed by atoms with Crippen LogP contribution in [-0.4, -0.2) is 37.2 Å². The predicted octanol–water partition coefficient (Wildman–Crippen LogP) is 2.60. The molecule has 0 saturated carbocycles. The lowest BCUT2D eigenvalue weighted by Gasteiger charge is -2.34. The van der Waals surface area contributed by atoms with Crippen LogP contribution in [0.3, 0.4) is 0 Å². The van der Waals surface area contributed by atoms with E-state index in [-0.39, 0.29) is 29.3 Å². The molecule has 1 N–H and O–H groups in total. The van der Waals surface area contributed by atoms with Gasteiger partial charge in [0.2, 0.25) is 5.91 Å². The molecular weight excluding hydrogens is 321 g/mol. The second kappa shape index (κ2) is 7.01. The second-order valence-electron chi connectivity index (χ2n) is 7.34. The summed E-state index contributed by atoms with van der Waals surface area (Å²) in [6, 6.07) is 6.52. The standard InChI is InChI=1S/C19H24FN3O2/c1-19(2)17(7-10-25-19)22-18(24)14-5-8-23(9-6-14)16-4-3-13(12-21)11-15(16)20/h3-4,11,14,17H,5-10H2,1-2H3,(H,22,24). The van der Waals surface area contributed by atoms with Gasteiger partial charge in [0.1, 0.15) is 5.82 Å². The third-order valence-corrected chi connectivity index (χ3v) is 5.32. The van der Waals surface area contributed by atoms with Crippen molar-refractivity contribution >= 4 is 11.6 Å². The van der Waals surface area contributed by atoms with E-state index in [1.807, 2.05) is 24.8 Å². The van der Waals surface area contributed by atoms with E-state index in [1.165, 1.54) is 6.07 Å². The topological polar surface area (TPSA) is 65.4 Å². The summed E-state index contributed by atoms with van der Waals surface area (Å²) in [5.41, 5.74) is 0.502. The van der Waals surface area contributed by atoms with Crippen molar-refractivity contribution in [3.8, 4) is 6.07 Å². The number of hydrogen-bond donors (Lipinski definition) is 1. The van der Waals surface area contributed by atoms with Crippen LogP contribution in [0, 0.1) is 23.1 Å². The minimum absolute atomic E-state index is 0.0471. The lowest BCUT2D eigenvalue weighted by Crippen LogP contribution is -2.49. The molecule has 1 unspecified atom stereocenters. The van der Waals surface area contributed by atoms with E-state index in [2.05, 4.69) is 5.32 Å². The zero-order valence-corrected chi connectivity index (χ0v) is 14.7. The Kier molecular flexibility index (Phi) is 4.96. The number of carbonyl (C=O) groups is 1. The van der Waals surface area contributed by atoms with Crippen LogP contribution in [0.2, 0.25) is 0 Å². The summed E-state index contributed by atoms with van der Waals surface area (Å²) in [6.07, 6.45) is 2.23. The molecule has 25 heavy (non-hydrogen) atoms. The molecule has 0 radical (unpaired) electrons. The molecule has 1 aromatic rings. The van der Waals surface area contributed by atoms with Crippen LogP contribution < -0.4 is 10.2 Å². The highest BCUT2D eigenvalue weighted by Gasteiger charge is 2.38. The molecule has 6 heteroatoms. The molecule has 1 amide bonds. The van der Waals surface area contributed by atoms with Gasteiger partial charge in [0.15, 0.2) is 0 Å². The van der Waals surface area contributed by atoms with Gasteiger partial charge in [0, 0.05) is 25.6 Å². The molecule has 2 aliphatic rings. The number of rotatable bonds is 3. The number of nitrogens with one attached hydrogen (secondary N) is 1. The summed E-state index contributed by atoms with van der Waals surface area (Å²) in [5, 5.41) is 12.0. The molecule has 2 heterocycles. The van der Waals surface area contributed by atoms with Gasteiger partial charge in [-0.25, -0.2) is 4.39 Å². The lowest BCUT2D eigenvalue weighted by atomic mass is 9.93. The van der Waals surface area contributed by atoms with Crippen LogP contribution in [0.1, 0.15) is 38.7 Å². The number of benzene rings is 1. The van der Waals surface area contributed by atoms with Crippen LogP contribution in [0.5, 0.6) is 0 Å². The molecule has 2 aliphatic heterocycles. The minimum atomic E-state index is -0.383. The fourth-order valence-corrected chi connectivity index (χ4v) is 3.64. The highest BCUT2D eigenvalue weighted by Crippen LogP contribution is 2.28. The molecule has 0 aromatic heterocycles. The number of anilines is 1. The number of ether oxygens (including phenoxy) is 1. The van der Waals surface area contributed by atoms with Crippen molar-refractivity contribution in [1.29, 1.82) is 5.26 Å². The Labute approximate surface area is 147 Å². The molecule has 1 atom stereocenters. The van der Waals surface area contributed by atoms with Gasteiger partial charge in [-0.05, 0) is 51.3 Å². The maximum absolute atomic E-state index is 14.1. The number of carbonyl (C=O) groups excluding carboxylic acids is 1. The first-order valence-electron chi connectivity index (χ1n) is 8.79. The molecule has 2 fully saturated rings. The zero-order chi connectivity index (χ0) is 18.0. The van der Waals surface area contributed by atoms with Crippen molar-refractivity contribution in [2.24, 2.45) is 5.92 Å². The van der Waals surface area contributed by atoms with Crippen molar-refractivity contribution < 1.29 is 13.9 Å². The van der Waals surface area contributed by atoms with Gasteiger partial charge in [-0.15, -0.1) is 0 Å². The van der Waals surface area contributed by atoms with E-state index in [9.17, 15) is 9.18 Å². The number of amides is 1. The molecule has 3 rings (SSSR count). The van der Waals surface area contributed by atoms with Gasteiger partial charge >= 0.3 is 0 Å². The van der Waals surface area contributed by atoms with Crippen molar-refractivity contribution in [3.05, 3.63) is 29.6 Å². The molecule has 0 aliphatic carbocycles. The Morgan fingerprint density at radius 3 is 2.64 bits per heavy atom. The zero-order valence-electron chi connectivity index (χ0n) is 14.7. The second-order valence-corrected chi connectivity index (χ2v) is 7.34. The number of nitrogens with zero attached hydrogens (tertiary/aromatic N) is 2. The smallest absolute Gasteiger partial charge is 0.223 e. The first kappa shape index (κ1) is 17.7. The summed E-state index contributed by atoms with van der Waals surface area (Å²) in [6.45, 7) is 5.94. The van der Waals surface area contributed by atoms with Crippen molar-refractivity contribution in [1.82, 2.24) is 5.32 Å². The average Bonchev–Trinajstić information content (AvgIpc) is 2.93. The van der Waals surface area contributed by atoms with Crippen LogP contribution in [-0.2, 0) is 9.53 Å². The third-order valence-electron chi connectivity index (χ3n) is 5.32. The highest BCUT2D eigenvalue weighted by molar-refractivity contribution is 5.79. The molecule has 0 spiro atoms. The van der Waals surface area contributed by atoms with Crippen molar-refractivity contribution in [2.45, 2.75) is 44.8 Å². The van der Waals surface area contributed by atoms with Gasteiger partial charge in [0.25, 0.3) is 0 Å². The predicted molar refractivity (Wildman–Crippen MR) is 92.6 cm³/mol. The highest BCUT2D eigenvalue weighted by atomic mass is 19.1. The Hall–Kier alpha value is -2.13. The molecule has 2 saturated heterocycles.